The summed E-state index contributed by atoms with van der Waals surface area (Å²) in [6.07, 6.45) is 2.56. The summed E-state index contributed by atoms with van der Waals surface area (Å²) in [5.74, 6) is 0. The maximum atomic E-state index is 4.94. The third-order valence-corrected chi connectivity index (χ3v) is 0.827. The Morgan fingerprint density at radius 1 is 1.14 bits per heavy atom. The monoisotopic (exact) mass is 200 g/mol. The molecule has 1 saturated heterocycles. The van der Waals surface area contributed by atoms with Crippen LogP contribution >= 0.6 is 9.19 Å². The Labute approximate surface area is 60.1 Å². The first-order valence-electron chi connectivity index (χ1n) is 2.25. The average molecular weight is 200 g/mol. The van der Waals surface area contributed by atoms with Crippen molar-refractivity contribution < 1.29 is 24.7 Å². The van der Waals surface area contributed by atoms with Gasteiger partial charge < -0.3 is 4.74 Å². The van der Waals surface area contributed by atoms with Crippen LogP contribution in [0.5, 0.6) is 0 Å². The van der Waals surface area contributed by atoms with E-state index >= 15 is 0 Å². The van der Waals surface area contributed by atoms with Crippen molar-refractivity contribution in [3.63, 3.8) is 0 Å². The van der Waals surface area contributed by atoms with E-state index in [0.717, 1.165) is 13.2 Å². The van der Waals surface area contributed by atoms with Crippen molar-refractivity contribution in [3.05, 3.63) is 0 Å². The van der Waals surface area contributed by atoms with Gasteiger partial charge in [-0.05, 0) is 12.8 Å². The van der Waals surface area contributed by atoms with Gasteiger partial charge in [-0.2, -0.15) is 0 Å². The second-order valence-corrected chi connectivity index (χ2v) is 1.32. The molecule has 0 unspecified atom stereocenters. The van der Waals surface area contributed by atoms with Crippen LogP contribution in [0.2, 0.25) is 0 Å². The first-order valence-corrected chi connectivity index (χ1v) is 5.08. The van der Waals surface area contributed by atoms with E-state index in [4.69, 9.17) is 4.74 Å². The number of rotatable bonds is 0. The summed E-state index contributed by atoms with van der Waals surface area (Å²) in [4.78, 5) is 0. The summed E-state index contributed by atoms with van der Waals surface area (Å²) in [7, 11) is 4.69. The van der Waals surface area contributed by atoms with Crippen molar-refractivity contribution in [1.82, 2.24) is 0 Å². The molecule has 0 N–H and O–H groups in total. The molecule has 3 heteroatoms. The molecule has 1 nitrogen and oxygen atoms in total. The van der Waals surface area contributed by atoms with E-state index < -0.39 is 0 Å². The van der Waals surface area contributed by atoms with Crippen molar-refractivity contribution in [2.45, 2.75) is 12.8 Å². The van der Waals surface area contributed by atoms with Crippen molar-refractivity contribution in [3.8, 4) is 0 Å². The first-order chi connectivity index (χ1) is 3.50. The van der Waals surface area contributed by atoms with Crippen molar-refractivity contribution >= 4 is 9.19 Å². The van der Waals surface area contributed by atoms with Crippen LogP contribution < -0.4 is 0 Å². The molecule has 1 rings (SSSR count). The molecule has 0 amide bonds. The summed E-state index contributed by atoms with van der Waals surface area (Å²) >= 11 is 1.22. The zero-order valence-electron chi connectivity index (χ0n) is 4.06. The van der Waals surface area contributed by atoms with E-state index in [-0.39, 0.29) is 0 Å². The van der Waals surface area contributed by atoms with Crippen LogP contribution in [-0.2, 0) is 24.7 Å². The molecule has 0 bridgehead atoms. The zero-order chi connectivity index (χ0) is 5.54. The summed E-state index contributed by atoms with van der Waals surface area (Å²) in [5, 5.41) is 0. The van der Waals surface area contributed by atoms with E-state index in [1.807, 2.05) is 0 Å². The van der Waals surface area contributed by atoms with E-state index in [0.29, 0.717) is 0 Å². The molecule has 0 radical (unpaired) electrons. The van der Waals surface area contributed by atoms with Crippen LogP contribution in [0.25, 0.3) is 0 Å². The number of hydrogen-bond acceptors (Lipinski definition) is 1. The quantitative estimate of drug-likeness (QED) is 0.538. The van der Waals surface area contributed by atoms with Gasteiger partial charge in [0.15, 0.2) is 0 Å². The molecule has 1 fully saturated rings. The van der Waals surface area contributed by atoms with Crippen LogP contribution in [0.4, 0.5) is 0 Å². The SMILES string of the molecule is C1CCOC1.[Cl][Nb]. The molecular weight excluding hydrogens is 192 g/mol. The van der Waals surface area contributed by atoms with Gasteiger partial charge in [-0.25, -0.2) is 0 Å². The molecule has 1 aliphatic rings. The van der Waals surface area contributed by atoms with Crippen LogP contribution in [0.15, 0.2) is 0 Å². The fraction of sp³-hybridized carbons (Fsp3) is 1.00. The fourth-order valence-corrected chi connectivity index (χ4v) is 0.510. The standard InChI is InChI=1S/C4H8O.ClH.Nb/c1-2-4-5-3-1;;/h1-4H2;1H;/q;;+1/p-1. The van der Waals surface area contributed by atoms with Gasteiger partial charge in [0.2, 0.25) is 0 Å². The normalized spacial score (nSPS) is 17.9. The van der Waals surface area contributed by atoms with Crippen LogP contribution in [0, 0.1) is 0 Å². The van der Waals surface area contributed by atoms with Gasteiger partial charge in [0.1, 0.15) is 0 Å². The molecular formula is C4H8ClNbO. The van der Waals surface area contributed by atoms with Gasteiger partial charge in [0.25, 0.3) is 0 Å². The predicted octanol–water partition coefficient (Wildman–Crippen LogP) is 1.48. The maximum absolute atomic E-state index is 4.94. The van der Waals surface area contributed by atoms with E-state index in [2.05, 4.69) is 9.19 Å². The summed E-state index contributed by atoms with van der Waals surface area (Å²) in [6, 6.07) is 0. The van der Waals surface area contributed by atoms with Gasteiger partial charge in [-0.15, -0.1) is 0 Å². The molecule has 0 aliphatic carbocycles. The minimum absolute atomic E-state index is 1.00. The molecule has 1 aliphatic heterocycles. The zero-order valence-corrected chi connectivity index (χ0v) is 7.02. The third kappa shape index (κ3) is 4.85. The number of halogens is 1. The molecule has 1 heterocycles. The minimum atomic E-state index is 1.00. The Balaban J connectivity index is 0.000000162. The van der Waals surface area contributed by atoms with Gasteiger partial charge in [-0.3, -0.25) is 0 Å². The second kappa shape index (κ2) is 6.99. The van der Waals surface area contributed by atoms with E-state index in [9.17, 15) is 0 Å². The Morgan fingerprint density at radius 2 is 1.57 bits per heavy atom. The number of ether oxygens (including phenoxy) is 1. The molecule has 0 aromatic rings. The second-order valence-electron chi connectivity index (χ2n) is 1.32. The van der Waals surface area contributed by atoms with Crippen LogP contribution in [0.1, 0.15) is 12.8 Å². The van der Waals surface area contributed by atoms with Crippen molar-refractivity contribution in [1.29, 1.82) is 0 Å². The van der Waals surface area contributed by atoms with Gasteiger partial charge in [0.05, 0.1) is 0 Å². The van der Waals surface area contributed by atoms with E-state index in [1.165, 1.54) is 32.8 Å². The summed E-state index contributed by atoms with van der Waals surface area (Å²) in [5.41, 5.74) is 0. The van der Waals surface area contributed by atoms with E-state index in [1.54, 1.807) is 0 Å². The average Bonchev–Trinajstić information content (AvgIpc) is 2.23. The summed E-state index contributed by atoms with van der Waals surface area (Å²) < 4.78 is 4.94. The fourth-order valence-electron chi connectivity index (χ4n) is 0.510. The van der Waals surface area contributed by atoms with Gasteiger partial charge in [-0.1, -0.05) is 0 Å². The van der Waals surface area contributed by atoms with Gasteiger partial charge >= 0.3 is 29.2 Å². The third-order valence-electron chi connectivity index (χ3n) is 0.827. The molecule has 0 spiro atoms. The Hall–Kier alpha value is 0.990. The molecule has 42 valence electrons. The Bertz CT molecular complexity index is 23.3. The number of hydrogen-bond donors (Lipinski definition) is 0. The molecule has 0 aromatic heterocycles. The topological polar surface area (TPSA) is 9.23 Å². The molecule has 0 saturated carbocycles. The predicted molar refractivity (Wildman–Crippen MR) is 25.9 cm³/mol. The van der Waals surface area contributed by atoms with Crippen molar-refractivity contribution in [2.24, 2.45) is 0 Å². The van der Waals surface area contributed by atoms with Crippen LogP contribution in [-0.4, -0.2) is 13.2 Å². The van der Waals surface area contributed by atoms with Gasteiger partial charge in [0, 0.05) is 13.2 Å². The molecule has 0 aromatic carbocycles. The first kappa shape index (κ1) is 7.99. The summed E-state index contributed by atoms with van der Waals surface area (Å²) in [6.45, 7) is 2.00. The Morgan fingerprint density at radius 3 is 1.71 bits per heavy atom. The van der Waals surface area contributed by atoms with Crippen LogP contribution in [0.3, 0.4) is 0 Å². The molecule has 0 atom stereocenters. The molecule has 7 heavy (non-hydrogen) atoms. The Kier molecular flexibility index (Phi) is 7.98. The van der Waals surface area contributed by atoms with Crippen molar-refractivity contribution in [2.75, 3.05) is 13.2 Å².